The Labute approximate surface area is 232 Å². The lowest BCUT2D eigenvalue weighted by Gasteiger charge is -2.39. The van der Waals surface area contributed by atoms with Gasteiger partial charge in [0.05, 0.1) is 5.69 Å². The summed E-state index contributed by atoms with van der Waals surface area (Å²) < 4.78 is 34.3. The highest BCUT2D eigenvalue weighted by atomic mass is 35.5. The van der Waals surface area contributed by atoms with Crippen LogP contribution in [0.15, 0.2) is 53.8 Å². The minimum absolute atomic E-state index is 0.0620. The molecule has 2 N–H and O–H groups in total. The average Bonchev–Trinajstić information content (AvgIpc) is 2.86. The van der Waals surface area contributed by atoms with Gasteiger partial charge < -0.3 is 14.7 Å². The van der Waals surface area contributed by atoms with Gasteiger partial charge in [-0.1, -0.05) is 23.2 Å². The van der Waals surface area contributed by atoms with Gasteiger partial charge in [0.25, 0.3) is 16.5 Å². The van der Waals surface area contributed by atoms with E-state index in [1.165, 1.54) is 24.7 Å². The number of carboxylic acid groups (broad SMARTS) is 1. The molecule has 0 amide bonds. The average molecular weight is 583 g/mol. The second-order valence-electron chi connectivity index (χ2n) is 8.90. The molecule has 0 saturated heterocycles. The van der Waals surface area contributed by atoms with Crippen LogP contribution in [0.1, 0.15) is 36.4 Å². The topological polar surface area (TPSA) is 135 Å². The quantitative estimate of drug-likeness (QED) is 0.382. The summed E-state index contributed by atoms with van der Waals surface area (Å²) in [6.07, 6.45) is 5.17. The van der Waals surface area contributed by atoms with Gasteiger partial charge in [-0.2, -0.15) is 0 Å². The molecule has 3 aromatic rings. The molecule has 13 heteroatoms. The minimum atomic E-state index is -3.85. The zero-order valence-corrected chi connectivity index (χ0v) is 23.4. The number of halogens is 2. The number of aromatic nitrogens is 3. The SMILES string of the molecule is Cc1nc(O[C@H]2CC[C@H](c3cc(Cl)ccc3Cl)C[C@@H]2N(C)C)ccc1S(=O)(=O)Nc1ccncn1.O=CO. The monoisotopic (exact) mass is 581 g/mol. The zero-order chi connectivity index (χ0) is 27.9. The molecule has 1 saturated carbocycles. The van der Waals surface area contributed by atoms with Crippen molar-refractivity contribution in [3.63, 3.8) is 0 Å². The van der Waals surface area contributed by atoms with Crippen LogP contribution in [0, 0.1) is 6.92 Å². The summed E-state index contributed by atoms with van der Waals surface area (Å²) >= 11 is 12.7. The number of hydrogen-bond acceptors (Lipinski definition) is 8. The number of nitrogens with one attached hydrogen (secondary N) is 1. The Morgan fingerprint density at radius 1 is 1.16 bits per heavy atom. The first kappa shape index (κ1) is 29.6. The Hall–Kier alpha value is -2.99. The molecule has 204 valence electrons. The summed E-state index contributed by atoms with van der Waals surface area (Å²) in [5.41, 5.74) is 1.40. The molecule has 0 unspecified atom stereocenters. The van der Waals surface area contributed by atoms with E-state index >= 15 is 0 Å². The van der Waals surface area contributed by atoms with Gasteiger partial charge >= 0.3 is 0 Å². The lowest BCUT2D eigenvalue weighted by atomic mass is 9.79. The minimum Gasteiger partial charge on any atom is -0.483 e. The van der Waals surface area contributed by atoms with E-state index in [9.17, 15) is 8.42 Å². The molecule has 2 heterocycles. The van der Waals surface area contributed by atoms with E-state index in [0.717, 1.165) is 29.8 Å². The first-order valence-corrected chi connectivity index (χ1v) is 13.9. The number of likely N-dealkylation sites (N-methyl/N-ethyl adjacent to an activating group) is 1. The lowest BCUT2D eigenvalue weighted by Crippen LogP contribution is -2.46. The number of benzene rings is 1. The molecule has 0 radical (unpaired) electrons. The van der Waals surface area contributed by atoms with Crippen molar-refractivity contribution in [2.45, 2.75) is 49.1 Å². The smallest absolute Gasteiger partial charge is 0.290 e. The first-order valence-electron chi connectivity index (χ1n) is 11.7. The van der Waals surface area contributed by atoms with E-state index in [-0.39, 0.29) is 35.2 Å². The largest absolute Gasteiger partial charge is 0.483 e. The summed E-state index contributed by atoms with van der Waals surface area (Å²) in [6.45, 7) is 1.39. The third-order valence-corrected chi connectivity index (χ3v) is 8.28. The highest BCUT2D eigenvalue weighted by Crippen LogP contribution is 2.40. The number of sulfonamides is 1. The molecular formula is C25H29Cl2N5O5S. The van der Waals surface area contributed by atoms with Crippen molar-refractivity contribution in [1.29, 1.82) is 0 Å². The van der Waals surface area contributed by atoms with Crippen LogP contribution in [-0.2, 0) is 14.8 Å². The Kier molecular flexibility index (Phi) is 10.3. The summed E-state index contributed by atoms with van der Waals surface area (Å²) in [7, 11) is 0.194. The first-order chi connectivity index (χ1) is 18.1. The standard InChI is InChI=1S/C24H27Cl2N5O3S.CH2O2/c1-15-22(35(32,33)30-23-10-11-27-14-28-23)8-9-24(29-15)34-21-7-4-16(12-20(21)31(2)3)18-13-17(25)5-6-19(18)26;2-1-3/h5-6,8-11,13-14,16,20-21H,4,7,12H2,1-3H3,(H,27,28,30);1H,(H,2,3)/t16-,20-,21-;/m0./s1. The highest BCUT2D eigenvalue weighted by molar-refractivity contribution is 7.92. The zero-order valence-electron chi connectivity index (χ0n) is 21.1. The lowest BCUT2D eigenvalue weighted by molar-refractivity contribution is -0.122. The fourth-order valence-electron chi connectivity index (χ4n) is 4.48. The Bertz CT molecular complexity index is 1350. The number of aryl methyl sites for hydroxylation is 1. The Balaban J connectivity index is 0.00000127. The number of hydrogen-bond donors (Lipinski definition) is 2. The van der Waals surface area contributed by atoms with Crippen molar-refractivity contribution in [1.82, 2.24) is 19.9 Å². The summed E-state index contributed by atoms with van der Waals surface area (Å²) in [5.74, 6) is 0.841. The van der Waals surface area contributed by atoms with Gasteiger partial charge in [-0.3, -0.25) is 9.52 Å². The third-order valence-electron chi connectivity index (χ3n) is 6.21. The van der Waals surface area contributed by atoms with Crippen molar-refractivity contribution in [2.75, 3.05) is 18.8 Å². The van der Waals surface area contributed by atoms with E-state index in [0.29, 0.717) is 16.6 Å². The van der Waals surface area contributed by atoms with E-state index in [1.54, 1.807) is 19.1 Å². The molecule has 1 fully saturated rings. The van der Waals surface area contributed by atoms with Crippen LogP contribution in [0.5, 0.6) is 5.88 Å². The van der Waals surface area contributed by atoms with Crippen molar-refractivity contribution < 1.29 is 23.1 Å². The fourth-order valence-corrected chi connectivity index (χ4v) is 6.12. The van der Waals surface area contributed by atoms with Crippen LogP contribution in [0.2, 0.25) is 10.0 Å². The van der Waals surface area contributed by atoms with Gasteiger partial charge in [0.1, 0.15) is 23.1 Å². The second kappa shape index (κ2) is 13.2. The Morgan fingerprint density at radius 2 is 1.89 bits per heavy atom. The molecule has 2 aromatic heterocycles. The number of rotatable bonds is 7. The van der Waals surface area contributed by atoms with E-state index < -0.39 is 10.0 Å². The summed E-state index contributed by atoms with van der Waals surface area (Å²) in [6, 6.07) is 10.3. The number of pyridine rings is 1. The molecule has 1 aliphatic rings. The maximum absolute atomic E-state index is 12.8. The van der Waals surface area contributed by atoms with E-state index in [4.69, 9.17) is 37.8 Å². The number of ether oxygens (including phenoxy) is 1. The van der Waals surface area contributed by atoms with Gasteiger partial charge in [0.2, 0.25) is 5.88 Å². The number of carbonyl (C=O) groups is 1. The number of anilines is 1. The molecule has 10 nitrogen and oxygen atoms in total. The van der Waals surface area contributed by atoms with Crippen LogP contribution in [0.3, 0.4) is 0 Å². The van der Waals surface area contributed by atoms with E-state index in [1.807, 2.05) is 26.2 Å². The summed E-state index contributed by atoms with van der Waals surface area (Å²) in [5, 5.41) is 8.29. The molecule has 1 aliphatic carbocycles. The highest BCUT2D eigenvalue weighted by Gasteiger charge is 2.35. The van der Waals surface area contributed by atoms with Gasteiger partial charge in [-0.15, -0.1) is 0 Å². The van der Waals surface area contributed by atoms with Crippen LogP contribution in [0.25, 0.3) is 0 Å². The predicted octanol–water partition coefficient (Wildman–Crippen LogP) is 4.63. The van der Waals surface area contributed by atoms with Crippen LogP contribution < -0.4 is 9.46 Å². The molecule has 3 atom stereocenters. The van der Waals surface area contributed by atoms with Crippen LogP contribution in [-0.4, -0.2) is 66.1 Å². The normalized spacial score (nSPS) is 19.3. The van der Waals surface area contributed by atoms with Crippen molar-refractivity contribution in [2.24, 2.45) is 0 Å². The van der Waals surface area contributed by atoms with Gasteiger partial charge in [0.15, 0.2) is 0 Å². The molecular weight excluding hydrogens is 553 g/mol. The molecule has 4 rings (SSSR count). The van der Waals surface area contributed by atoms with Gasteiger partial charge in [-0.05, 0) is 82.1 Å². The maximum Gasteiger partial charge on any atom is 0.290 e. The van der Waals surface area contributed by atoms with Crippen molar-refractivity contribution in [3.05, 3.63) is 70.2 Å². The Morgan fingerprint density at radius 3 is 2.53 bits per heavy atom. The molecule has 0 spiro atoms. The number of nitrogens with zero attached hydrogens (tertiary/aromatic N) is 4. The van der Waals surface area contributed by atoms with Gasteiger partial charge in [0, 0.05) is 28.4 Å². The van der Waals surface area contributed by atoms with Crippen molar-refractivity contribution >= 4 is 45.5 Å². The van der Waals surface area contributed by atoms with Crippen LogP contribution >= 0.6 is 23.2 Å². The van der Waals surface area contributed by atoms with Gasteiger partial charge in [-0.25, -0.2) is 23.4 Å². The fraction of sp³-hybridized carbons (Fsp3) is 0.360. The third kappa shape index (κ3) is 7.53. The molecule has 0 bridgehead atoms. The molecule has 1 aromatic carbocycles. The van der Waals surface area contributed by atoms with Crippen LogP contribution in [0.4, 0.5) is 5.82 Å². The molecule has 0 aliphatic heterocycles. The van der Waals surface area contributed by atoms with E-state index in [2.05, 4.69) is 24.6 Å². The second-order valence-corrected chi connectivity index (χ2v) is 11.4. The maximum atomic E-state index is 12.8. The van der Waals surface area contributed by atoms with Crippen molar-refractivity contribution in [3.8, 4) is 5.88 Å². The summed E-state index contributed by atoms with van der Waals surface area (Å²) in [4.78, 5) is 22.7. The molecule has 38 heavy (non-hydrogen) atoms. The predicted molar refractivity (Wildman–Crippen MR) is 145 cm³/mol.